The van der Waals surface area contributed by atoms with E-state index in [0.717, 1.165) is 38.6 Å². The van der Waals surface area contributed by atoms with Crippen LogP contribution in [-0.4, -0.2) is 62.8 Å². The predicted molar refractivity (Wildman–Crippen MR) is 123 cm³/mol. The Bertz CT molecular complexity index is 623. The van der Waals surface area contributed by atoms with Crippen LogP contribution < -0.4 is 26.6 Å². The maximum absolute atomic E-state index is 12.6. The highest BCUT2D eigenvalue weighted by atomic mass is 19.4. The minimum absolute atomic E-state index is 0.0778. The lowest BCUT2D eigenvalue weighted by Crippen LogP contribution is -2.70. The van der Waals surface area contributed by atoms with Crippen molar-refractivity contribution in [2.24, 2.45) is 11.8 Å². The number of ether oxygens (including phenoxy) is 2. The van der Waals surface area contributed by atoms with E-state index in [0.29, 0.717) is 30.8 Å². The van der Waals surface area contributed by atoms with Gasteiger partial charge in [0.05, 0.1) is 18.4 Å². The van der Waals surface area contributed by atoms with Gasteiger partial charge in [0.25, 0.3) is 0 Å². The van der Waals surface area contributed by atoms with E-state index < -0.39 is 18.8 Å². The Morgan fingerprint density at radius 3 is 2.21 bits per heavy atom. The first-order valence-electron chi connectivity index (χ1n) is 12.7. The number of carbonyl (C=O) groups excluding carboxylic acids is 1. The number of methoxy groups -OCH3 is 1. The summed E-state index contributed by atoms with van der Waals surface area (Å²) in [5.74, 6) is 1.03. The van der Waals surface area contributed by atoms with E-state index in [4.69, 9.17) is 4.74 Å². The lowest BCUT2D eigenvalue weighted by atomic mass is 9.87. The molecule has 0 radical (unpaired) electrons. The van der Waals surface area contributed by atoms with Crippen molar-refractivity contribution < 1.29 is 27.4 Å². The number of halogens is 3. The summed E-state index contributed by atoms with van der Waals surface area (Å²) >= 11 is 0. The number of nitrogens with one attached hydrogen (secondary N) is 5. The minimum atomic E-state index is -4.61. The number of rotatable bonds is 8. The van der Waals surface area contributed by atoms with Gasteiger partial charge in [-0.25, -0.2) is 4.79 Å². The molecule has 3 rings (SSSR count). The van der Waals surface area contributed by atoms with Gasteiger partial charge in [-0.3, -0.25) is 15.4 Å². The smallest absolute Gasteiger partial charge is 0.381 e. The molecule has 1 aliphatic heterocycles. The first-order chi connectivity index (χ1) is 16.1. The Morgan fingerprint density at radius 2 is 1.62 bits per heavy atom. The van der Waals surface area contributed by atoms with E-state index in [1.807, 2.05) is 0 Å². The molecular weight excluding hydrogens is 451 g/mol. The summed E-state index contributed by atoms with van der Waals surface area (Å²) in [7, 11) is 1.78. The monoisotopic (exact) mass is 493 g/mol. The third-order valence-corrected chi connectivity index (χ3v) is 7.41. The lowest BCUT2D eigenvalue weighted by molar-refractivity contribution is -0.345. The summed E-state index contributed by atoms with van der Waals surface area (Å²) in [6, 6.07) is -0.247. The van der Waals surface area contributed by atoms with E-state index in [1.54, 1.807) is 7.11 Å². The van der Waals surface area contributed by atoms with E-state index in [2.05, 4.69) is 45.2 Å². The van der Waals surface area contributed by atoms with E-state index in [9.17, 15) is 18.0 Å². The molecule has 0 aromatic rings. The molecule has 2 aliphatic carbocycles. The number of hydrogen-bond donors (Lipinski definition) is 5. The zero-order valence-corrected chi connectivity index (χ0v) is 20.5. The first kappa shape index (κ1) is 27.4. The van der Waals surface area contributed by atoms with Crippen LogP contribution in [0.4, 0.5) is 18.0 Å². The van der Waals surface area contributed by atoms with Crippen LogP contribution in [0.15, 0.2) is 0 Å². The molecule has 2 saturated carbocycles. The summed E-state index contributed by atoms with van der Waals surface area (Å²) < 4.78 is 46.8. The molecule has 3 fully saturated rings. The molecule has 3 unspecified atom stereocenters. The average Bonchev–Trinajstić information content (AvgIpc) is 2.78. The molecular formula is C23H42F3N5O3. The number of carbonyl (C=O) groups is 1. The molecule has 3 atom stereocenters. The highest BCUT2D eigenvalue weighted by molar-refractivity contribution is 5.74. The molecule has 3 aliphatic rings. The number of alkyl halides is 3. The average molecular weight is 494 g/mol. The third-order valence-electron chi connectivity index (χ3n) is 7.41. The van der Waals surface area contributed by atoms with Crippen LogP contribution in [0.3, 0.4) is 0 Å². The molecule has 0 aromatic heterocycles. The summed E-state index contributed by atoms with van der Waals surface area (Å²) in [6.07, 6.45) is 1.54. The number of urea groups is 1. The van der Waals surface area contributed by atoms with Crippen LogP contribution >= 0.6 is 0 Å². The quantitative estimate of drug-likeness (QED) is 0.357. The third kappa shape index (κ3) is 9.14. The van der Waals surface area contributed by atoms with Crippen molar-refractivity contribution >= 4 is 6.03 Å². The van der Waals surface area contributed by atoms with Crippen molar-refractivity contribution in [3.8, 4) is 0 Å². The van der Waals surface area contributed by atoms with Crippen molar-refractivity contribution in [2.45, 2.75) is 115 Å². The van der Waals surface area contributed by atoms with Gasteiger partial charge in [0.2, 0.25) is 0 Å². The second-order valence-corrected chi connectivity index (χ2v) is 10.3. The highest BCUT2D eigenvalue weighted by Crippen LogP contribution is 2.28. The van der Waals surface area contributed by atoms with E-state index in [-0.39, 0.29) is 37.1 Å². The second-order valence-electron chi connectivity index (χ2n) is 10.3. The molecule has 1 saturated heterocycles. The van der Waals surface area contributed by atoms with Gasteiger partial charge in [-0.15, -0.1) is 13.2 Å². The second kappa shape index (κ2) is 12.7. The first-order valence-corrected chi connectivity index (χ1v) is 12.7. The molecule has 0 bridgehead atoms. The highest BCUT2D eigenvalue weighted by Gasteiger charge is 2.36. The van der Waals surface area contributed by atoms with Crippen molar-refractivity contribution in [2.75, 3.05) is 13.7 Å². The van der Waals surface area contributed by atoms with Gasteiger partial charge in [0.1, 0.15) is 6.29 Å². The van der Waals surface area contributed by atoms with Gasteiger partial charge >= 0.3 is 12.4 Å². The Balaban J connectivity index is 1.41. The molecule has 0 aromatic carbocycles. The fourth-order valence-electron chi connectivity index (χ4n) is 5.30. The Kier molecular flexibility index (Phi) is 10.3. The SMILES string of the molecule is COC1CCC(CNC2CC(C(C)C)NC(NC(=O)NC3CCC(OC(F)(F)F)CC3)N2)CC1. The largest absolute Gasteiger partial charge is 0.522 e. The predicted octanol–water partition coefficient (Wildman–Crippen LogP) is 3.15. The Hall–Kier alpha value is -1.14. The summed E-state index contributed by atoms with van der Waals surface area (Å²) in [4.78, 5) is 12.6. The lowest BCUT2D eigenvalue weighted by Gasteiger charge is -2.41. The van der Waals surface area contributed by atoms with Crippen molar-refractivity contribution in [3.63, 3.8) is 0 Å². The van der Waals surface area contributed by atoms with Crippen LogP contribution in [0.2, 0.25) is 0 Å². The van der Waals surface area contributed by atoms with Crippen molar-refractivity contribution in [1.29, 1.82) is 0 Å². The minimum Gasteiger partial charge on any atom is -0.381 e. The van der Waals surface area contributed by atoms with Crippen molar-refractivity contribution in [1.82, 2.24) is 26.6 Å². The number of hydrogen-bond acceptors (Lipinski definition) is 6. The van der Waals surface area contributed by atoms with Gasteiger partial charge in [-0.05, 0) is 76.2 Å². The maximum Gasteiger partial charge on any atom is 0.522 e. The van der Waals surface area contributed by atoms with Gasteiger partial charge in [-0.2, -0.15) is 0 Å². The maximum atomic E-state index is 12.6. The fraction of sp³-hybridized carbons (Fsp3) is 0.957. The summed E-state index contributed by atoms with van der Waals surface area (Å²) in [6.45, 7) is 5.25. The molecule has 198 valence electrons. The summed E-state index contributed by atoms with van der Waals surface area (Å²) in [5, 5.41) is 16.4. The molecule has 11 heteroatoms. The number of amides is 2. The van der Waals surface area contributed by atoms with E-state index >= 15 is 0 Å². The molecule has 0 spiro atoms. The fourth-order valence-corrected chi connectivity index (χ4v) is 5.30. The van der Waals surface area contributed by atoms with Crippen LogP contribution in [-0.2, 0) is 9.47 Å². The molecule has 5 N–H and O–H groups in total. The van der Waals surface area contributed by atoms with Gasteiger partial charge in [0, 0.05) is 19.2 Å². The van der Waals surface area contributed by atoms with E-state index in [1.165, 1.54) is 0 Å². The Morgan fingerprint density at radius 1 is 0.971 bits per heavy atom. The zero-order valence-electron chi connectivity index (χ0n) is 20.5. The summed E-state index contributed by atoms with van der Waals surface area (Å²) in [5.41, 5.74) is 0. The van der Waals surface area contributed by atoms with Crippen molar-refractivity contribution in [3.05, 3.63) is 0 Å². The van der Waals surface area contributed by atoms with Crippen LogP contribution in [0.25, 0.3) is 0 Å². The standard InChI is InChI=1S/C23H42F3N5O3/c1-14(2)19-12-20(27-13-15-4-8-17(33-3)9-5-15)30-21(29-19)31-22(32)28-16-6-10-18(11-7-16)34-23(24,25)26/h14-21,27,29-30H,4-13H2,1-3H3,(H2,28,31,32). The topological polar surface area (TPSA) is 95.7 Å². The van der Waals surface area contributed by atoms with Gasteiger partial charge in [0.15, 0.2) is 0 Å². The molecule has 8 nitrogen and oxygen atoms in total. The molecule has 34 heavy (non-hydrogen) atoms. The molecule has 2 amide bonds. The van der Waals surface area contributed by atoms with Crippen LogP contribution in [0.1, 0.15) is 71.6 Å². The van der Waals surface area contributed by atoms with Gasteiger partial charge < -0.3 is 20.7 Å². The zero-order chi connectivity index (χ0) is 24.7. The van der Waals surface area contributed by atoms with Crippen LogP contribution in [0.5, 0.6) is 0 Å². The van der Waals surface area contributed by atoms with Crippen LogP contribution in [0, 0.1) is 11.8 Å². The normalized spacial score (nSPS) is 35.2. The van der Waals surface area contributed by atoms with Gasteiger partial charge in [-0.1, -0.05) is 13.8 Å². The molecule has 1 heterocycles. The Labute approximate surface area is 200 Å².